The van der Waals surface area contributed by atoms with Gasteiger partial charge in [0.05, 0.1) is 52.8 Å². The molecule has 0 saturated carbocycles. The van der Waals surface area contributed by atoms with Crippen LogP contribution in [0.1, 0.15) is 78.3 Å². The summed E-state index contributed by atoms with van der Waals surface area (Å²) in [7, 11) is 9.92. The molecular weight excluding hydrogens is 1570 g/mol. The predicted octanol–water partition coefficient (Wildman–Crippen LogP) is 14.7. The number of nitrogens with two attached hydrogens (primary N) is 2. The Balaban J connectivity index is 0.000000136. The molecular formula is C86H70N14O21. The maximum Gasteiger partial charge on any atom is 0.341 e. The van der Waals surface area contributed by atoms with Crippen LogP contribution < -0.4 is 22.1 Å². The highest BCUT2D eigenvalue weighted by Gasteiger charge is 2.23. The first kappa shape index (κ1) is 83.4. The molecule has 7 aromatic heterocycles. The summed E-state index contributed by atoms with van der Waals surface area (Å²) in [5.41, 5.74) is 24.2. The quantitative estimate of drug-likeness (QED) is 0.0139. The van der Waals surface area contributed by atoms with E-state index in [1.54, 1.807) is 184 Å². The number of non-ortho nitro benzene ring substituents is 1. The molecule has 0 unspecified atom stereocenters. The third-order valence-corrected chi connectivity index (χ3v) is 17.7. The molecule has 8 N–H and O–H groups in total. The highest BCUT2D eigenvalue weighted by Crippen LogP contribution is 2.34. The van der Waals surface area contributed by atoms with Crippen molar-refractivity contribution in [2.24, 2.45) is 14.1 Å². The van der Waals surface area contributed by atoms with Gasteiger partial charge in [-0.05, 0) is 164 Å². The van der Waals surface area contributed by atoms with Gasteiger partial charge in [-0.25, -0.2) is 48.9 Å². The topological polar surface area (TPSA) is 491 Å². The number of nitrogens with zero attached hydrogens (tertiary/aromatic N) is 10. The van der Waals surface area contributed by atoms with E-state index in [0.29, 0.717) is 135 Å². The number of aromatic hydroxyl groups is 1. The van der Waals surface area contributed by atoms with Crippen molar-refractivity contribution in [2.45, 2.75) is 6.61 Å². The van der Waals surface area contributed by atoms with Crippen molar-refractivity contribution in [2.75, 3.05) is 57.6 Å². The number of nitrogen functional groups attached to an aromatic ring is 2. The lowest BCUT2D eigenvalue weighted by atomic mass is 10.2. The van der Waals surface area contributed by atoms with Crippen LogP contribution in [-0.4, -0.2) is 137 Å². The summed E-state index contributed by atoms with van der Waals surface area (Å²) in [6.07, 6.45) is 4.44. The summed E-state index contributed by atoms with van der Waals surface area (Å²) in [6, 6.07) is 60.9. The van der Waals surface area contributed by atoms with Crippen molar-refractivity contribution in [3.05, 3.63) is 292 Å². The molecule has 17 aromatic rings. The summed E-state index contributed by atoms with van der Waals surface area (Å²) in [5, 5.41) is 42.9. The monoisotopic (exact) mass is 1630 g/mol. The molecule has 0 aliphatic carbocycles. The molecule has 17 rings (SSSR count). The number of nitrogens with one attached hydrogen (secondary N) is 2. The summed E-state index contributed by atoms with van der Waals surface area (Å²) >= 11 is 0. The molecule has 2 amide bonds. The fourth-order valence-electron chi connectivity index (χ4n) is 11.6. The maximum atomic E-state index is 12.3. The van der Waals surface area contributed by atoms with Crippen molar-refractivity contribution < 1.29 is 94.5 Å². The molecule has 610 valence electrons. The van der Waals surface area contributed by atoms with Gasteiger partial charge in [0.2, 0.25) is 23.6 Å². The lowest BCUT2D eigenvalue weighted by Crippen LogP contribution is -2.15. The van der Waals surface area contributed by atoms with E-state index in [4.69, 9.17) is 47.8 Å². The second-order valence-electron chi connectivity index (χ2n) is 25.3. The van der Waals surface area contributed by atoms with E-state index >= 15 is 0 Å². The van der Waals surface area contributed by atoms with Gasteiger partial charge in [0.1, 0.15) is 66.8 Å². The number of para-hydroxylation sites is 6. The summed E-state index contributed by atoms with van der Waals surface area (Å²) < 4.78 is 54.2. The zero-order valence-corrected chi connectivity index (χ0v) is 65.0. The number of hydrogen-bond donors (Lipinski definition) is 6. The molecule has 0 spiro atoms. The number of aryl methyl sites for hydroxylation is 2. The van der Waals surface area contributed by atoms with Gasteiger partial charge in [0, 0.05) is 83.5 Å². The van der Waals surface area contributed by atoms with Crippen molar-refractivity contribution in [3.63, 3.8) is 0 Å². The smallest absolute Gasteiger partial charge is 0.341 e. The van der Waals surface area contributed by atoms with Gasteiger partial charge in [-0.15, -0.1) is 0 Å². The number of oxazole rings is 5. The predicted molar refractivity (Wildman–Crippen MR) is 440 cm³/mol. The maximum absolute atomic E-state index is 12.3. The fraction of sp³-hybridized carbons (Fsp3) is 0.0930. The number of anilines is 4. The molecule has 121 heavy (non-hydrogen) atoms. The average molecular weight is 1640 g/mol. The summed E-state index contributed by atoms with van der Waals surface area (Å²) in [4.78, 5) is 114. The largest absolute Gasteiger partial charge is 0.505 e. The molecule has 0 saturated heterocycles. The molecule has 0 atom stereocenters. The normalized spacial score (nSPS) is 10.6. The summed E-state index contributed by atoms with van der Waals surface area (Å²) in [6.45, 7) is -0.106. The zero-order chi connectivity index (χ0) is 86.0. The van der Waals surface area contributed by atoms with Crippen LogP contribution in [0.25, 0.3) is 101 Å². The highest BCUT2D eigenvalue weighted by molar-refractivity contribution is 6.06. The first-order chi connectivity index (χ1) is 58.5. The van der Waals surface area contributed by atoms with E-state index in [9.17, 15) is 53.9 Å². The van der Waals surface area contributed by atoms with Gasteiger partial charge in [-0.2, -0.15) is 10.2 Å². The Bertz CT molecular complexity index is 6640. The van der Waals surface area contributed by atoms with Crippen LogP contribution >= 0.6 is 0 Å². The molecule has 0 aliphatic rings. The Labute approximate surface area is 683 Å². The zero-order valence-electron chi connectivity index (χ0n) is 65.0. The number of ether oxygens (including phenoxy) is 5. The van der Waals surface area contributed by atoms with Crippen LogP contribution in [0.15, 0.2) is 259 Å². The van der Waals surface area contributed by atoms with E-state index < -0.39 is 34.8 Å². The minimum Gasteiger partial charge on any atom is -0.505 e. The number of carbonyl (C=O) groups is 7. The van der Waals surface area contributed by atoms with Crippen molar-refractivity contribution >= 4 is 126 Å². The van der Waals surface area contributed by atoms with E-state index in [0.717, 1.165) is 11.1 Å². The van der Waals surface area contributed by atoms with E-state index in [-0.39, 0.29) is 52.6 Å². The molecule has 0 aliphatic heterocycles. The van der Waals surface area contributed by atoms with Crippen LogP contribution in [0, 0.1) is 10.1 Å². The Hall–Kier alpha value is -17.0. The number of phenolic OH excluding ortho intramolecular Hbond substituents is 1. The number of rotatable bonds is 15. The number of fused-ring (bicyclic) bond motifs is 5. The van der Waals surface area contributed by atoms with E-state index in [1.807, 2.05) is 36.4 Å². The standard InChI is InChI=1S/C20H16N4O4.C19H16N4O3.C15H10N2O5.C15H12N2O3.C9H7NO3.C8H9NO3/c1-24-16(10-11-21-24)18(25)22-13-8-6-12(7-9-13)19-23-15-5-3-4-14(17(15)28-19)20(26)27-2;1-23-16(9-10-20-23)18(25)21-14-7-5-12(6-8-14)19-22-15-4-2-3-13(11-24)17(15)26-19;1-21-15(18)11-3-2-4-12-13(11)22-14(16-12)9-5-7-10(8-6-9)17(19)20;1-19-15(18)11-3-2-4-12-13(11)20-14(17-12)9-5-7-10(16)8-6-9;1-12-9(11)6-3-2-4-7-8(6)13-5-10-7;1-12-8(11)5-3-2-4-6(9)7(5)10/h3-11H,1-2H3,(H,22,25);2-10,24H,11H2,1H3,(H,21,25);2-8H,1H3;2-8H,16H2,1H3;2-5H,1H3;2-4,10H,9H2,1H3. The third kappa shape index (κ3) is 19.4. The number of nitro groups is 1. The first-order valence-corrected chi connectivity index (χ1v) is 35.9. The van der Waals surface area contributed by atoms with E-state index in [1.165, 1.54) is 75.6 Å². The first-order valence-electron chi connectivity index (χ1n) is 35.9. The van der Waals surface area contributed by atoms with Gasteiger partial charge in [0.15, 0.2) is 40.1 Å². The number of carbonyl (C=O) groups excluding carboxylic acids is 7. The molecule has 35 nitrogen and oxygen atoms in total. The number of methoxy groups -OCH3 is 5. The number of nitro benzene ring substituents is 1. The number of hydrogen-bond acceptors (Lipinski definition) is 30. The Morgan fingerprint density at radius 3 is 1.12 bits per heavy atom. The highest BCUT2D eigenvalue weighted by atomic mass is 16.6. The molecule has 0 fully saturated rings. The number of esters is 5. The minimum atomic E-state index is -0.597. The fourth-order valence-corrected chi connectivity index (χ4v) is 11.6. The van der Waals surface area contributed by atoms with Crippen molar-refractivity contribution in [3.8, 4) is 51.6 Å². The lowest BCUT2D eigenvalue weighted by Gasteiger charge is -2.05. The van der Waals surface area contributed by atoms with Gasteiger partial charge in [0.25, 0.3) is 17.5 Å². The number of aliphatic hydroxyl groups excluding tert-OH is 1. The number of aromatic nitrogens is 9. The van der Waals surface area contributed by atoms with Crippen LogP contribution in [-0.2, 0) is 44.4 Å². The van der Waals surface area contributed by atoms with Crippen LogP contribution in [0.2, 0.25) is 0 Å². The number of amides is 2. The van der Waals surface area contributed by atoms with Gasteiger partial charge in [-0.3, -0.25) is 29.1 Å². The molecule has 0 bridgehead atoms. The average Bonchev–Trinajstić information content (AvgIpc) is 1.65. The molecule has 35 heteroatoms. The lowest BCUT2D eigenvalue weighted by molar-refractivity contribution is -0.384. The van der Waals surface area contributed by atoms with Crippen LogP contribution in [0.4, 0.5) is 28.4 Å². The molecule has 0 radical (unpaired) electrons. The van der Waals surface area contributed by atoms with E-state index in [2.05, 4.69) is 55.2 Å². The second kappa shape index (κ2) is 38.0. The molecule has 10 aromatic carbocycles. The number of benzene rings is 10. The van der Waals surface area contributed by atoms with Gasteiger partial charge >= 0.3 is 29.8 Å². The Kier molecular flexibility index (Phi) is 26.2. The van der Waals surface area contributed by atoms with Gasteiger partial charge < -0.3 is 78.1 Å². The number of phenols is 1. The third-order valence-electron chi connectivity index (χ3n) is 17.7. The van der Waals surface area contributed by atoms with Crippen molar-refractivity contribution in [1.29, 1.82) is 0 Å². The second-order valence-corrected chi connectivity index (χ2v) is 25.3. The Morgan fingerprint density at radius 2 is 0.752 bits per heavy atom. The van der Waals surface area contributed by atoms with Gasteiger partial charge in [-0.1, -0.05) is 42.5 Å². The summed E-state index contributed by atoms with van der Waals surface area (Å²) in [5.74, 6) is -1.62. The van der Waals surface area contributed by atoms with Crippen molar-refractivity contribution in [1.82, 2.24) is 44.5 Å². The van der Waals surface area contributed by atoms with Crippen LogP contribution in [0.3, 0.4) is 0 Å². The molecule has 7 heterocycles. The Morgan fingerprint density at radius 1 is 0.421 bits per heavy atom. The van der Waals surface area contributed by atoms with Crippen LogP contribution in [0.5, 0.6) is 5.75 Å². The minimum absolute atomic E-state index is 0.0184. The SMILES string of the molecule is COC(=O)c1cccc(N)c1O.COC(=O)c1cccc2nc(-c3ccc(N)cc3)oc12.COC(=O)c1cccc2nc(-c3ccc(NC(=O)c4ccnn4C)cc3)oc12.COC(=O)c1cccc2nc(-c3ccc([N+](=O)[O-])cc3)oc12.COC(=O)c1cccc2ncoc12.Cn1nccc1C(=O)Nc1ccc(-c2nc3cccc(CO)c3o2)cc1. The number of aliphatic hydroxyl groups is 1.